The largest absolute Gasteiger partial charge is 0.391 e. The van der Waals surface area contributed by atoms with Gasteiger partial charge in [0.25, 0.3) is 0 Å². The summed E-state index contributed by atoms with van der Waals surface area (Å²) in [5.41, 5.74) is 1.77. The Morgan fingerprint density at radius 3 is 2.68 bits per heavy atom. The Morgan fingerprint density at radius 2 is 2.00 bits per heavy atom. The molecule has 0 saturated carbocycles. The predicted octanol–water partition coefficient (Wildman–Crippen LogP) is 1.63. The smallest absolute Gasteiger partial charge is 0.172 e. The van der Waals surface area contributed by atoms with Crippen molar-refractivity contribution in [3.63, 3.8) is 0 Å². The number of rotatable bonds is 2. The van der Waals surface area contributed by atoms with Crippen molar-refractivity contribution in [1.82, 2.24) is 9.97 Å². The van der Waals surface area contributed by atoms with Gasteiger partial charge in [-0.25, -0.2) is 9.97 Å². The number of para-hydroxylation sites is 2. The standard InChI is InChI=1S/C14H18N4O/c1-15-13-14(18-8-4-5-10(19)9-18)17-12-7-3-2-6-11(12)16-13/h2-3,6-7,10,19H,4-5,8-9H2,1H3,(H,15,16). The second-order valence-corrected chi connectivity index (χ2v) is 4.88. The van der Waals surface area contributed by atoms with E-state index >= 15 is 0 Å². The Hall–Kier alpha value is -1.88. The Kier molecular flexibility index (Phi) is 3.21. The average Bonchev–Trinajstić information content (AvgIpc) is 2.46. The van der Waals surface area contributed by atoms with Crippen molar-refractivity contribution in [3.05, 3.63) is 24.3 Å². The van der Waals surface area contributed by atoms with E-state index in [1.807, 2.05) is 31.3 Å². The number of hydrogen-bond donors (Lipinski definition) is 2. The summed E-state index contributed by atoms with van der Waals surface area (Å²) < 4.78 is 0. The number of hydrogen-bond acceptors (Lipinski definition) is 5. The van der Waals surface area contributed by atoms with Crippen molar-refractivity contribution in [1.29, 1.82) is 0 Å². The minimum absolute atomic E-state index is 0.272. The summed E-state index contributed by atoms with van der Waals surface area (Å²) in [6, 6.07) is 7.84. The molecule has 1 aromatic carbocycles. The van der Waals surface area contributed by atoms with Crippen LogP contribution in [0.4, 0.5) is 11.6 Å². The Balaban J connectivity index is 2.05. The minimum Gasteiger partial charge on any atom is -0.391 e. The van der Waals surface area contributed by atoms with Crippen molar-refractivity contribution in [2.75, 3.05) is 30.4 Å². The molecule has 1 aromatic heterocycles. The number of β-amino-alcohol motifs (C(OH)–C–C–N with tert-alkyl or cyclic N) is 1. The van der Waals surface area contributed by atoms with Gasteiger partial charge in [0, 0.05) is 20.1 Å². The minimum atomic E-state index is -0.272. The van der Waals surface area contributed by atoms with Gasteiger partial charge in [-0.15, -0.1) is 0 Å². The van der Waals surface area contributed by atoms with Crippen molar-refractivity contribution in [2.45, 2.75) is 18.9 Å². The van der Waals surface area contributed by atoms with E-state index in [0.717, 1.165) is 42.1 Å². The molecule has 1 aliphatic heterocycles. The first-order valence-electron chi connectivity index (χ1n) is 6.65. The van der Waals surface area contributed by atoms with E-state index in [1.165, 1.54) is 0 Å². The lowest BCUT2D eigenvalue weighted by atomic mass is 10.1. The molecule has 2 aromatic rings. The van der Waals surface area contributed by atoms with Gasteiger partial charge in [-0.3, -0.25) is 0 Å². The molecule has 1 aliphatic rings. The second kappa shape index (κ2) is 5.01. The van der Waals surface area contributed by atoms with E-state index in [0.29, 0.717) is 6.54 Å². The lowest BCUT2D eigenvalue weighted by molar-refractivity contribution is 0.154. The number of fused-ring (bicyclic) bond motifs is 1. The molecule has 100 valence electrons. The first kappa shape index (κ1) is 12.2. The first-order valence-corrected chi connectivity index (χ1v) is 6.65. The number of aliphatic hydroxyl groups excluding tert-OH is 1. The van der Waals surface area contributed by atoms with Gasteiger partial charge in [-0.1, -0.05) is 12.1 Å². The summed E-state index contributed by atoms with van der Waals surface area (Å²) >= 11 is 0. The third kappa shape index (κ3) is 2.33. The Bertz CT molecular complexity index is 587. The summed E-state index contributed by atoms with van der Waals surface area (Å²) in [5, 5.41) is 12.9. The van der Waals surface area contributed by atoms with Gasteiger partial charge in [-0.05, 0) is 25.0 Å². The number of aliphatic hydroxyl groups is 1. The number of piperidine rings is 1. The fourth-order valence-electron chi connectivity index (χ4n) is 2.53. The predicted molar refractivity (Wildman–Crippen MR) is 76.5 cm³/mol. The van der Waals surface area contributed by atoms with Crippen molar-refractivity contribution >= 4 is 22.7 Å². The number of aromatic nitrogens is 2. The zero-order valence-corrected chi connectivity index (χ0v) is 11.0. The van der Waals surface area contributed by atoms with E-state index < -0.39 is 0 Å². The number of nitrogens with one attached hydrogen (secondary N) is 1. The maximum absolute atomic E-state index is 9.81. The second-order valence-electron chi connectivity index (χ2n) is 4.88. The van der Waals surface area contributed by atoms with Crippen LogP contribution < -0.4 is 10.2 Å². The Morgan fingerprint density at radius 1 is 1.26 bits per heavy atom. The van der Waals surface area contributed by atoms with E-state index in [-0.39, 0.29) is 6.10 Å². The number of benzene rings is 1. The molecular weight excluding hydrogens is 240 g/mol. The van der Waals surface area contributed by atoms with Gasteiger partial charge < -0.3 is 15.3 Å². The third-order valence-electron chi connectivity index (χ3n) is 3.48. The van der Waals surface area contributed by atoms with Crippen LogP contribution in [0.2, 0.25) is 0 Å². The Labute approximate surface area is 112 Å². The first-order chi connectivity index (χ1) is 9.28. The molecule has 0 bridgehead atoms. The average molecular weight is 258 g/mol. The van der Waals surface area contributed by atoms with Crippen LogP contribution in [0.3, 0.4) is 0 Å². The van der Waals surface area contributed by atoms with E-state index in [9.17, 15) is 5.11 Å². The number of nitrogens with zero attached hydrogens (tertiary/aromatic N) is 3. The molecule has 2 N–H and O–H groups in total. The van der Waals surface area contributed by atoms with Crippen LogP contribution >= 0.6 is 0 Å². The van der Waals surface area contributed by atoms with Crippen molar-refractivity contribution in [2.24, 2.45) is 0 Å². The highest BCUT2D eigenvalue weighted by atomic mass is 16.3. The zero-order valence-electron chi connectivity index (χ0n) is 11.0. The lowest BCUT2D eigenvalue weighted by Crippen LogP contribution is -2.39. The molecule has 0 amide bonds. The van der Waals surface area contributed by atoms with Crippen LogP contribution in [0.15, 0.2) is 24.3 Å². The molecule has 1 fully saturated rings. The maximum Gasteiger partial charge on any atom is 0.172 e. The van der Waals surface area contributed by atoms with Crippen LogP contribution in [0.5, 0.6) is 0 Å². The maximum atomic E-state index is 9.81. The fraction of sp³-hybridized carbons (Fsp3) is 0.429. The molecule has 0 radical (unpaired) electrons. The van der Waals surface area contributed by atoms with Crippen LogP contribution in [0.1, 0.15) is 12.8 Å². The van der Waals surface area contributed by atoms with Crippen molar-refractivity contribution in [3.8, 4) is 0 Å². The molecule has 1 saturated heterocycles. The summed E-state index contributed by atoms with van der Waals surface area (Å²) in [4.78, 5) is 11.4. The van der Waals surface area contributed by atoms with Gasteiger partial charge in [-0.2, -0.15) is 0 Å². The molecule has 1 unspecified atom stereocenters. The van der Waals surface area contributed by atoms with Crippen LogP contribution in [-0.2, 0) is 0 Å². The van der Waals surface area contributed by atoms with Gasteiger partial charge >= 0.3 is 0 Å². The highest BCUT2D eigenvalue weighted by Gasteiger charge is 2.22. The monoisotopic (exact) mass is 258 g/mol. The number of anilines is 2. The lowest BCUT2D eigenvalue weighted by Gasteiger charge is -2.31. The highest BCUT2D eigenvalue weighted by molar-refractivity contribution is 5.80. The third-order valence-corrected chi connectivity index (χ3v) is 3.48. The van der Waals surface area contributed by atoms with E-state index in [4.69, 9.17) is 4.98 Å². The molecular formula is C14H18N4O. The molecule has 19 heavy (non-hydrogen) atoms. The summed E-state index contributed by atoms with van der Waals surface area (Å²) in [7, 11) is 1.85. The molecule has 5 nitrogen and oxygen atoms in total. The van der Waals surface area contributed by atoms with Crippen molar-refractivity contribution < 1.29 is 5.11 Å². The summed E-state index contributed by atoms with van der Waals surface area (Å²) in [5.74, 6) is 1.60. The molecule has 1 atom stereocenters. The van der Waals surface area contributed by atoms with E-state index in [2.05, 4.69) is 15.2 Å². The van der Waals surface area contributed by atoms with Crippen LogP contribution in [-0.4, -0.2) is 41.3 Å². The molecule has 5 heteroatoms. The molecule has 0 aliphatic carbocycles. The highest BCUT2D eigenvalue weighted by Crippen LogP contribution is 2.27. The quantitative estimate of drug-likeness (QED) is 0.857. The molecule has 0 spiro atoms. The summed E-state index contributed by atoms with van der Waals surface area (Å²) in [6.45, 7) is 1.54. The zero-order chi connectivity index (χ0) is 13.2. The van der Waals surface area contributed by atoms with Gasteiger partial charge in [0.15, 0.2) is 11.6 Å². The molecule has 2 heterocycles. The normalized spacial score (nSPS) is 19.7. The van der Waals surface area contributed by atoms with Gasteiger partial charge in [0.2, 0.25) is 0 Å². The topological polar surface area (TPSA) is 61.3 Å². The summed E-state index contributed by atoms with van der Waals surface area (Å²) in [6.07, 6.45) is 1.58. The van der Waals surface area contributed by atoms with E-state index in [1.54, 1.807) is 0 Å². The SMILES string of the molecule is CNc1nc2ccccc2nc1N1CCCC(O)C1. The molecule has 3 rings (SSSR count). The van der Waals surface area contributed by atoms with Gasteiger partial charge in [0.05, 0.1) is 17.1 Å². The van der Waals surface area contributed by atoms with Gasteiger partial charge in [0.1, 0.15) is 0 Å². The fourth-order valence-corrected chi connectivity index (χ4v) is 2.53. The van der Waals surface area contributed by atoms with Crippen LogP contribution in [0, 0.1) is 0 Å². The van der Waals surface area contributed by atoms with Crippen LogP contribution in [0.25, 0.3) is 11.0 Å².